The summed E-state index contributed by atoms with van der Waals surface area (Å²) < 4.78 is 0. The van der Waals surface area contributed by atoms with Gasteiger partial charge in [0.25, 0.3) is 0 Å². The molecule has 0 spiro atoms. The Morgan fingerprint density at radius 3 is 3.00 bits per heavy atom. The number of hydrogen-bond acceptors (Lipinski definition) is 3. The van der Waals surface area contributed by atoms with E-state index in [4.69, 9.17) is 10.7 Å². The highest BCUT2D eigenvalue weighted by molar-refractivity contribution is 5.32. The Hall–Kier alpha value is -1.09. The maximum absolute atomic E-state index is 5.10. The van der Waals surface area contributed by atoms with Gasteiger partial charge in [-0.3, -0.25) is 4.98 Å². The summed E-state index contributed by atoms with van der Waals surface area (Å²) in [5, 5.41) is 0. The lowest BCUT2D eigenvalue weighted by atomic mass is 9.99. The minimum atomic E-state index is 0.464. The molecule has 0 fully saturated rings. The predicted octanol–water partition coefficient (Wildman–Crippen LogP) is 1.85. The molecule has 0 radical (unpaired) electrons. The third-order valence-corrected chi connectivity index (χ3v) is 2.09. The highest BCUT2D eigenvalue weighted by atomic mass is 16.6. The third kappa shape index (κ3) is 1.74. The van der Waals surface area contributed by atoms with Gasteiger partial charge in [0, 0.05) is 11.8 Å². The van der Waals surface area contributed by atoms with Crippen molar-refractivity contribution in [1.29, 1.82) is 0 Å². The van der Waals surface area contributed by atoms with Crippen molar-refractivity contribution in [3.63, 3.8) is 0 Å². The van der Waals surface area contributed by atoms with E-state index >= 15 is 0 Å². The van der Waals surface area contributed by atoms with Crippen molar-refractivity contribution in [2.75, 3.05) is 0 Å². The van der Waals surface area contributed by atoms with Gasteiger partial charge in [-0.2, -0.15) is 5.90 Å². The SMILES string of the molecule is CCC(C)c1ccncc1ON. The molecule has 1 rings (SSSR count). The Morgan fingerprint density at radius 1 is 1.67 bits per heavy atom. The Morgan fingerprint density at radius 2 is 2.42 bits per heavy atom. The molecule has 3 heteroatoms. The Labute approximate surface area is 72.5 Å². The van der Waals surface area contributed by atoms with Gasteiger partial charge in [-0.1, -0.05) is 13.8 Å². The highest BCUT2D eigenvalue weighted by Gasteiger charge is 2.08. The van der Waals surface area contributed by atoms with Crippen LogP contribution in [0.25, 0.3) is 0 Å². The van der Waals surface area contributed by atoms with Gasteiger partial charge in [0.05, 0.1) is 6.20 Å². The zero-order chi connectivity index (χ0) is 8.97. The van der Waals surface area contributed by atoms with Crippen LogP contribution in [0.4, 0.5) is 0 Å². The first-order valence-corrected chi connectivity index (χ1v) is 4.10. The lowest BCUT2D eigenvalue weighted by molar-refractivity contribution is 0.327. The van der Waals surface area contributed by atoms with E-state index in [2.05, 4.69) is 18.8 Å². The minimum absolute atomic E-state index is 0.464. The van der Waals surface area contributed by atoms with Gasteiger partial charge in [0.1, 0.15) is 0 Å². The number of aromatic nitrogens is 1. The molecule has 0 bridgehead atoms. The van der Waals surface area contributed by atoms with Crippen LogP contribution in [-0.2, 0) is 0 Å². The van der Waals surface area contributed by atoms with Crippen molar-refractivity contribution in [2.24, 2.45) is 5.90 Å². The van der Waals surface area contributed by atoms with Gasteiger partial charge in [-0.25, -0.2) is 0 Å². The average Bonchev–Trinajstić information content (AvgIpc) is 2.16. The van der Waals surface area contributed by atoms with Crippen LogP contribution in [0, 0.1) is 0 Å². The normalized spacial score (nSPS) is 12.6. The lowest BCUT2D eigenvalue weighted by Gasteiger charge is -2.11. The smallest absolute Gasteiger partial charge is 0.168 e. The summed E-state index contributed by atoms with van der Waals surface area (Å²) in [6, 6.07) is 1.94. The maximum atomic E-state index is 5.10. The molecule has 1 aromatic heterocycles. The summed E-state index contributed by atoms with van der Waals surface area (Å²) in [7, 11) is 0. The van der Waals surface area contributed by atoms with Crippen molar-refractivity contribution < 1.29 is 4.84 Å². The van der Waals surface area contributed by atoms with Crippen molar-refractivity contribution in [1.82, 2.24) is 4.98 Å². The zero-order valence-electron chi connectivity index (χ0n) is 7.45. The molecule has 2 N–H and O–H groups in total. The Kier molecular flexibility index (Phi) is 3.05. The number of rotatable bonds is 3. The molecule has 66 valence electrons. The molecule has 12 heavy (non-hydrogen) atoms. The molecule has 0 aliphatic carbocycles. The third-order valence-electron chi connectivity index (χ3n) is 2.09. The van der Waals surface area contributed by atoms with Crippen LogP contribution in [0.1, 0.15) is 31.7 Å². The molecule has 1 unspecified atom stereocenters. The predicted molar refractivity (Wildman–Crippen MR) is 47.8 cm³/mol. The summed E-state index contributed by atoms with van der Waals surface area (Å²) in [5.74, 6) is 6.24. The fourth-order valence-corrected chi connectivity index (χ4v) is 1.12. The first-order valence-electron chi connectivity index (χ1n) is 4.10. The second kappa shape index (κ2) is 4.07. The van der Waals surface area contributed by atoms with E-state index in [1.807, 2.05) is 6.07 Å². The van der Waals surface area contributed by atoms with E-state index in [0.717, 1.165) is 12.0 Å². The first-order chi connectivity index (χ1) is 5.79. The minimum Gasteiger partial charge on any atom is -0.410 e. The van der Waals surface area contributed by atoms with E-state index in [0.29, 0.717) is 11.7 Å². The van der Waals surface area contributed by atoms with Crippen LogP contribution in [0.5, 0.6) is 5.75 Å². The number of pyridine rings is 1. The van der Waals surface area contributed by atoms with Gasteiger partial charge < -0.3 is 4.84 Å². The number of nitrogens with two attached hydrogens (primary N) is 1. The molecule has 0 saturated heterocycles. The second-order valence-electron chi connectivity index (χ2n) is 2.84. The molecule has 3 nitrogen and oxygen atoms in total. The van der Waals surface area contributed by atoms with Crippen LogP contribution in [0.15, 0.2) is 18.5 Å². The van der Waals surface area contributed by atoms with E-state index in [9.17, 15) is 0 Å². The number of hydrogen-bond donors (Lipinski definition) is 1. The van der Waals surface area contributed by atoms with Gasteiger partial charge in [-0.05, 0) is 18.4 Å². The van der Waals surface area contributed by atoms with E-state index < -0.39 is 0 Å². The quantitative estimate of drug-likeness (QED) is 0.697. The van der Waals surface area contributed by atoms with Crippen LogP contribution in [0.3, 0.4) is 0 Å². The van der Waals surface area contributed by atoms with Crippen molar-refractivity contribution in [2.45, 2.75) is 26.2 Å². The Balaban J connectivity index is 2.96. The summed E-state index contributed by atoms with van der Waals surface area (Å²) in [5.41, 5.74) is 1.12. The molecule has 0 saturated carbocycles. The van der Waals surface area contributed by atoms with E-state index in [-0.39, 0.29) is 0 Å². The summed E-state index contributed by atoms with van der Waals surface area (Å²) in [6.07, 6.45) is 4.46. The van der Waals surface area contributed by atoms with Crippen LogP contribution in [-0.4, -0.2) is 4.98 Å². The van der Waals surface area contributed by atoms with E-state index in [1.54, 1.807) is 12.4 Å². The molecular weight excluding hydrogens is 152 g/mol. The second-order valence-corrected chi connectivity index (χ2v) is 2.84. The largest absolute Gasteiger partial charge is 0.410 e. The maximum Gasteiger partial charge on any atom is 0.168 e. The topological polar surface area (TPSA) is 48.1 Å². The average molecular weight is 166 g/mol. The van der Waals surface area contributed by atoms with Crippen LogP contribution < -0.4 is 10.7 Å². The fraction of sp³-hybridized carbons (Fsp3) is 0.444. The van der Waals surface area contributed by atoms with Crippen molar-refractivity contribution in [3.05, 3.63) is 24.0 Å². The molecule has 0 amide bonds. The van der Waals surface area contributed by atoms with Gasteiger partial charge in [-0.15, -0.1) is 0 Å². The molecule has 0 aliphatic heterocycles. The van der Waals surface area contributed by atoms with Crippen molar-refractivity contribution >= 4 is 0 Å². The molecule has 1 atom stereocenters. The van der Waals surface area contributed by atoms with Crippen LogP contribution in [0.2, 0.25) is 0 Å². The number of nitrogens with zero attached hydrogens (tertiary/aromatic N) is 1. The molecule has 0 aromatic carbocycles. The highest BCUT2D eigenvalue weighted by Crippen LogP contribution is 2.26. The van der Waals surface area contributed by atoms with Crippen molar-refractivity contribution in [3.8, 4) is 5.75 Å². The van der Waals surface area contributed by atoms with Gasteiger partial charge >= 0.3 is 0 Å². The van der Waals surface area contributed by atoms with Gasteiger partial charge in [0.2, 0.25) is 0 Å². The lowest BCUT2D eigenvalue weighted by Crippen LogP contribution is -2.06. The summed E-state index contributed by atoms with van der Waals surface area (Å²) >= 11 is 0. The van der Waals surface area contributed by atoms with Crippen LogP contribution >= 0.6 is 0 Å². The summed E-state index contributed by atoms with van der Waals surface area (Å²) in [6.45, 7) is 4.27. The molecule has 0 aliphatic rings. The first kappa shape index (κ1) is 9.00. The zero-order valence-corrected chi connectivity index (χ0v) is 7.45. The summed E-state index contributed by atoms with van der Waals surface area (Å²) in [4.78, 5) is 8.63. The Bertz CT molecular complexity index is 250. The molecule has 1 aromatic rings. The van der Waals surface area contributed by atoms with Gasteiger partial charge in [0.15, 0.2) is 5.75 Å². The molecule has 1 heterocycles. The fourth-order valence-electron chi connectivity index (χ4n) is 1.12. The standard InChI is InChI=1S/C9H14N2O/c1-3-7(2)8-4-5-11-6-9(8)12-10/h4-7H,3,10H2,1-2H3. The molecular formula is C9H14N2O. The van der Waals surface area contributed by atoms with E-state index in [1.165, 1.54) is 0 Å². The monoisotopic (exact) mass is 166 g/mol.